The van der Waals surface area contributed by atoms with Crippen LogP contribution in [-0.2, 0) is 11.3 Å². The van der Waals surface area contributed by atoms with Crippen molar-refractivity contribution in [1.82, 2.24) is 9.55 Å². The van der Waals surface area contributed by atoms with Crippen molar-refractivity contribution in [3.8, 4) is 11.5 Å². The first-order valence-corrected chi connectivity index (χ1v) is 13.2. The van der Waals surface area contributed by atoms with Gasteiger partial charge in [0, 0.05) is 31.1 Å². The number of fused-ring (bicyclic) bond motifs is 1. The molecule has 0 spiro atoms. The summed E-state index contributed by atoms with van der Waals surface area (Å²) in [5, 5.41) is 0. The second kappa shape index (κ2) is 11.1. The summed E-state index contributed by atoms with van der Waals surface area (Å²) in [5.74, 6) is 3.38. The minimum atomic E-state index is 0.0380. The van der Waals surface area contributed by atoms with Crippen LogP contribution in [0.3, 0.4) is 0 Å². The lowest BCUT2D eigenvalue weighted by molar-refractivity contribution is -0.117. The van der Waals surface area contributed by atoms with E-state index in [1.165, 1.54) is 5.56 Å². The second-order valence-corrected chi connectivity index (χ2v) is 9.79. The first kappa shape index (κ1) is 24.9. The van der Waals surface area contributed by atoms with E-state index in [1.807, 2.05) is 47.4 Å². The van der Waals surface area contributed by atoms with Crippen LogP contribution < -0.4 is 14.4 Å². The van der Waals surface area contributed by atoms with Crippen molar-refractivity contribution >= 4 is 22.6 Å². The van der Waals surface area contributed by atoms with Gasteiger partial charge in [-0.25, -0.2) is 4.98 Å². The molecule has 2 heterocycles. The van der Waals surface area contributed by atoms with E-state index in [-0.39, 0.29) is 11.8 Å². The number of hydrogen-bond acceptors (Lipinski definition) is 4. The lowest BCUT2D eigenvalue weighted by Gasteiger charge is -2.18. The number of aromatic nitrogens is 2. The molecule has 0 aliphatic carbocycles. The third kappa shape index (κ3) is 5.33. The molecule has 1 fully saturated rings. The number of anilines is 1. The number of benzene rings is 3. The van der Waals surface area contributed by atoms with E-state index in [2.05, 4.69) is 48.7 Å². The van der Waals surface area contributed by atoms with E-state index < -0.39 is 0 Å². The highest BCUT2D eigenvalue weighted by molar-refractivity contribution is 5.96. The molecule has 1 saturated heterocycles. The van der Waals surface area contributed by atoms with Gasteiger partial charge in [0.25, 0.3) is 0 Å². The van der Waals surface area contributed by atoms with Crippen LogP contribution in [0, 0.1) is 0 Å². The normalized spacial score (nSPS) is 16.4. The molecule has 192 valence electrons. The van der Waals surface area contributed by atoms with Crippen LogP contribution in [0.5, 0.6) is 11.5 Å². The summed E-state index contributed by atoms with van der Waals surface area (Å²) in [5.41, 5.74) is 4.31. The van der Waals surface area contributed by atoms with Crippen molar-refractivity contribution in [2.75, 3.05) is 25.2 Å². The first-order chi connectivity index (χ1) is 18.1. The summed E-state index contributed by atoms with van der Waals surface area (Å²) in [7, 11) is 1.64. The molecule has 0 N–H and O–H groups in total. The van der Waals surface area contributed by atoms with Crippen LogP contribution in [0.4, 0.5) is 5.69 Å². The molecule has 0 bridgehead atoms. The van der Waals surface area contributed by atoms with Crippen molar-refractivity contribution in [1.29, 1.82) is 0 Å². The predicted molar refractivity (Wildman–Crippen MR) is 148 cm³/mol. The number of amides is 1. The van der Waals surface area contributed by atoms with Gasteiger partial charge in [0.05, 0.1) is 24.8 Å². The minimum absolute atomic E-state index is 0.0380. The molecule has 37 heavy (non-hydrogen) atoms. The number of imidazole rings is 1. The van der Waals surface area contributed by atoms with Crippen molar-refractivity contribution < 1.29 is 14.3 Å². The average Bonchev–Trinajstić information content (AvgIpc) is 3.51. The van der Waals surface area contributed by atoms with Crippen molar-refractivity contribution in [2.24, 2.45) is 0 Å². The van der Waals surface area contributed by atoms with Gasteiger partial charge < -0.3 is 18.9 Å². The van der Waals surface area contributed by atoms with Gasteiger partial charge in [-0.3, -0.25) is 4.79 Å². The molecule has 6 heteroatoms. The molecule has 1 aromatic heterocycles. The van der Waals surface area contributed by atoms with Gasteiger partial charge in [-0.15, -0.1) is 0 Å². The Morgan fingerprint density at radius 3 is 2.46 bits per heavy atom. The summed E-state index contributed by atoms with van der Waals surface area (Å²) >= 11 is 0. The van der Waals surface area contributed by atoms with E-state index in [4.69, 9.17) is 14.5 Å². The Hall–Kier alpha value is -3.80. The molecule has 1 aliphatic rings. The zero-order valence-electron chi connectivity index (χ0n) is 21.9. The lowest BCUT2D eigenvalue weighted by Crippen LogP contribution is -2.24. The van der Waals surface area contributed by atoms with Gasteiger partial charge in [-0.05, 0) is 72.9 Å². The summed E-state index contributed by atoms with van der Waals surface area (Å²) in [4.78, 5) is 19.8. The van der Waals surface area contributed by atoms with Crippen LogP contribution in [0.2, 0.25) is 0 Å². The maximum Gasteiger partial charge on any atom is 0.227 e. The third-order valence-corrected chi connectivity index (χ3v) is 7.41. The minimum Gasteiger partial charge on any atom is -0.497 e. The summed E-state index contributed by atoms with van der Waals surface area (Å²) in [6.45, 7) is 6.48. The van der Waals surface area contributed by atoms with Crippen LogP contribution in [0.25, 0.3) is 11.0 Å². The highest BCUT2D eigenvalue weighted by atomic mass is 16.5. The van der Waals surface area contributed by atoms with Gasteiger partial charge in [0.1, 0.15) is 17.3 Å². The van der Waals surface area contributed by atoms with E-state index in [0.717, 1.165) is 53.4 Å². The summed E-state index contributed by atoms with van der Waals surface area (Å²) < 4.78 is 13.6. The van der Waals surface area contributed by atoms with Gasteiger partial charge in [0.2, 0.25) is 5.91 Å². The first-order valence-electron chi connectivity index (χ1n) is 13.2. The summed E-state index contributed by atoms with van der Waals surface area (Å²) in [6, 6.07) is 24.3. The largest absolute Gasteiger partial charge is 0.497 e. The number of nitrogens with zero attached hydrogens (tertiary/aromatic N) is 3. The Labute approximate surface area is 218 Å². The number of carbonyl (C=O) groups is 1. The number of ether oxygens (including phenoxy) is 2. The van der Waals surface area contributed by atoms with E-state index >= 15 is 0 Å². The molecule has 0 radical (unpaired) electrons. The average molecular weight is 498 g/mol. The number of aryl methyl sites for hydroxylation is 1. The summed E-state index contributed by atoms with van der Waals surface area (Å²) in [6.07, 6.45) is 2.43. The molecule has 1 aliphatic heterocycles. The molecule has 4 aromatic rings. The van der Waals surface area contributed by atoms with Crippen LogP contribution in [-0.4, -0.2) is 35.7 Å². The molecule has 2 atom stereocenters. The van der Waals surface area contributed by atoms with Gasteiger partial charge in [0.15, 0.2) is 0 Å². The zero-order valence-corrected chi connectivity index (χ0v) is 21.9. The standard InChI is InChI=1S/C31H35N3O3/c1-4-22(2)23-10-14-27(15-11-23)37-19-7-18-33-29-9-6-5-8-28(29)32-31(33)24-20-30(35)34(21-24)25-12-16-26(36-3)17-13-25/h5-6,8-17,22,24H,4,7,18-21H2,1-3H3. The Morgan fingerprint density at radius 2 is 1.73 bits per heavy atom. The van der Waals surface area contributed by atoms with Gasteiger partial charge in [-0.1, -0.05) is 38.1 Å². The maximum absolute atomic E-state index is 13.0. The van der Waals surface area contributed by atoms with Gasteiger partial charge >= 0.3 is 0 Å². The molecular formula is C31H35N3O3. The van der Waals surface area contributed by atoms with Crippen molar-refractivity contribution in [3.63, 3.8) is 0 Å². The molecule has 6 nitrogen and oxygen atoms in total. The van der Waals surface area contributed by atoms with Crippen molar-refractivity contribution in [2.45, 2.75) is 51.5 Å². The molecule has 5 rings (SSSR count). The monoisotopic (exact) mass is 497 g/mol. The molecule has 0 saturated carbocycles. The predicted octanol–water partition coefficient (Wildman–Crippen LogP) is 6.55. The van der Waals surface area contributed by atoms with Crippen LogP contribution >= 0.6 is 0 Å². The SMILES string of the molecule is CCC(C)c1ccc(OCCCn2c(C3CC(=O)N(c4ccc(OC)cc4)C3)nc3ccccc32)cc1. The molecular weight excluding hydrogens is 462 g/mol. The number of rotatable bonds is 10. The lowest BCUT2D eigenvalue weighted by atomic mass is 9.99. The molecule has 2 unspecified atom stereocenters. The Bertz CT molecular complexity index is 1340. The van der Waals surface area contributed by atoms with E-state index in [0.29, 0.717) is 25.5 Å². The Morgan fingerprint density at radius 1 is 1.00 bits per heavy atom. The second-order valence-electron chi connectivity index (χ2n) is 9.79. The number of carbonyl (C=O) groups excluding carboxylic acids is 1. The highest BCUT2D eigenvalue weighted by Crippen LogP contribution is 2.34. The fraction of sp³-hybridized carbons (Fsp3) is 0.355. The number of para-hydroxylation sites is 2. The van der Waals surface area contributed by atoms with E-state index in [1.54, 1.807) is 7.11 Å². The molecule has 1 amide bonds. The van der Waals surface area contributed by atoms with E-state index in [9.17, 15) is 4.79 Å². The fourth-order valence-electron chi connectivity index (χ4n) is 5.07. The fourth-order valence-corrected chi connectivity index (χ4v) is 5.07. The molecule has 3 aromatic carbocycles. The zero-order chi connectivity index (χ0) is 25.8. The Kier molecular flexibility index (Phi) is 7.45. The Balaban J connectivity index is 1.28. The van der Waals surface area contributed by atoms with Crippen LogP contribution in [0.1, 0.15) is 56.3 Å². The maximum atomic E-state index is 13.0. The van der Waals surface area contributed by atoms with Gasteiger partial charge in [-0.2, -0.15) is 0 Å². The smallest absolute Gasteiger partial charge is 0.227 e. The quantitative estimate of drug-likeness (QED) is 0.233. The number of hydrogen-bond donors (Lipinski definition) is 0. The third-order valence-electron chi connectivity index (χ3n) is 7.41. The van der Waals surface area contributed by atoms with Crippen LogP contribution in [0.15, 0.2) is 72.8 Å². The number of methoxy groups -OCH3 is 1. The highest BCUT2D eigenvalue weighted by Gasteiger charge is 2.34. The topological polar surface area (TPSA) is 56.6 Å². The van der Waals surface area contributed by atoms with Crippen molar-refractivity contribution in [3.05, 3.63) is 84.2 Å².